The zero-order valence-electron chi connectivity index (χ0n) is 24.4. The number of allylic oxidation sites excluding steroid dienone is 2. The van der Waals surface area contributed by atoms with Gasteiger partial charge in [0.2, 0.25) is 0 Å². The van der Waals surface area contributed by atoms with Crippen molar-refractivity contribution in [3.63, 3.8) is 0 Å². The van der Waals surface area contributed by atoms with Crippen LogP contribution in [0.5, 0.6) is 0 Å². The molecule has 0 bridgehead atoms. The van der Waals surface area contributed by atoms with Gasteiger partial charge in [0.05, 0.1) is 22.8 Å². The van der Waals surface area contributed by atoms with Gasteiger partial charge in [-0.1, -0.05) is 97.1 Å². The van der Waals surface area contributed by atoms with Crippen LogP contribution in [0.25, 0.3) is 46.0 Å². The minimum Gasteiger partial charge on any atom is -0.289 e. The number of Topliss-reactive ketones (excluding diaryl/α,β-unsaturated/α-hetero) is 1. The van der Waals surface area contributed by atoms with Crippen molar-refractivity contribution in [2.24, 2.45) is 0 Å². The largest absolute Gasteiger partial charge is 0.289 e. The SMILES string of the molecule is O=C1/C(=C/c2cn(-c3ccccc3)nc2-c2ccccc2)CCCC/C1=C\c1cn(-c2ccccc2)nc1-c1ccccc1. The van der Waals surface area contributed by atoms with E-state index in [9.17, 15) is 4.79 Å². The fourth-order valence-electron chi connectivity index (χ4n) is 5.77. The van der Waals surface area contributed by atoms with Gasteiger partial charge in [-0.15, -0.1) is 0 Å². The van der Waals surface area contributed by atoms with E-state index in [1.165, 1.54) is 0 Å². The molecule has 5 heteroatoms. The Morgan fingerprint density at radius 1 is 0.500 bits per heavy atom. The smallest absolute Gasteiger partial charge is 0.185 e. The number of para-hydroxylation sites is 2. The highest BCUT2D eigenvalue weighted by atomic mass is 16.1. The molecule has 2 aromatic heterocycles. The standard InChI is InChI=1S/C39H32N4O/c44-39-31(25-33-27-42(35-21-9-3-10-22-35)40-37(33)29-15-5-1-6-16-29)19-13-14-20-32(39)26-34-28-43(36-23-11-4-12-24-36)41-38(34)30-17-7-2-8-18-30/h1-12,15-18,21-28H,13-14,19-20H2/b31-25+,32-26+. The van der Waals surface area contributed by atoms with Crippen LogP contribution < -0.4 is 0 Å². The molecule has 1 saturated carbocycles. The molecule has 0 N–H and O–H groups in total. The lowest BCUT2D eigenvalue weighted by Crippen LogP contribution is -2.04. The van der Waals surface area contributed by atoms with Crippen molar-refractivity contribution in [1.29, 1.82) is 0 Å². The third-order valence-corrected chi connectivity index (χ3v) is 8.01. The molecule has 7 rings (SSSR count). The van der Waals surface area contributed by atoms with Gasteiger partial charge >= 0.3 is 0 Å². The summed E-state index contributed by atoms with van der Waals surface area (Å²) in [4.78, 5) is 14.2. The number of rotatable bonds is 6. The van der Waals surface area contributed by atoms with E-state index in [-0.39, 0.29) is 5.78 Å². The maximum Gasteiger partial charge on any atom is 0.185 e. The minimum absolute atomic E-state index is 0.0976. The van der Waals surface area contributed by atoms with Crippen molar-refractivity contribution in [1.82, 2.24) is 19.6 Å². The predicted molar refractivity (Wildman–Crippen MR) is 177 cm³/mol. The molecule has 1 aliphatic carbocycles. The minimum atomic E-state index is 0.0976. The van der Waals surface area contributed by atoms with Gasteiger partial charge in [-0.2, -0.15) is 10.2 Å². The number of carbonyl (C=O) groups is 1. The van der Waals surface area contributed by atoms with E-state index in [1.807, 2.05) is 119 Å². The molecule has 1 fully saturated rings. The van der Waals surface area contributed by atoms with E-state index in [2.05, 4.69) is 36.4 Å². The third-order valence-electron chi connectivity index (χ3n) is 8.01. The van der Waals surface area contributed by atoms with Gasteiger partial charge in [0, 0.05) is 45.8 Å². The summed E-state index contributed by atoms with van der Waals surface area (Å²) in [5, 5.41) is 9.93. The lowest BCUT2D eigenvalue weighted by molar-refractivity contribution is -0.112. The van der Waals surface area contributed by atoms with Crippen LogP contribution in [-0.2, 0) is 4.79 Å². The summed E-state index contributed by atoms with van der Waals surface area (Å²) in [6, 6.07) is 40.5. The summed E-state index contributed by atoms with van der Waals surface area (Å²) in [6.45, 7) is 0. The summed E-state index contributed by atoms with van der Waals surface area (Å²) in [5.74, 6) is 0.0976. The summed E-state index contributed by atoms with van der Waals surface area (Å²) in [6.07, 6.45) is 11.6. The molecule has 0 saturated heterocycles. The molecule has 0 amide bonds. The molecular weight excluding hydrogens is 540 g/mol. The van der Waals surface area contributed by atoms with E-state index in [1.54, 1.807) is 0 Å². The molecule has 5 nitrogen and oxygen atoms in total. The molecule has 2 heterocycles. The molecule has 0 spiro atoms. The van der Waals surface area contributed by atoms with Gasteiger partial charge in [-0.05, 0) is 62.1 Å². The van der Waals surface area contributed by atoms with Gasteiger partial charge < -0.3 is 0 Å². The van der Waals surface area contributed by atoms with Crippen LogP contribution in [0.3, 0.4) is 0 Å². The average Bonchev–Trinajstić information content (AvgIpc) is 3.67. The number of hydrogen-bond donors (Lipinski definition) is 0. The van der Waals surface area contributed by atoms with Gasteiger partial charge in [-0.25, -0.2) is 9.36 Å². The molecule has 4 aromatic carbocycles. The van der Waals surface area contributed by atoms with E-state index in [0.29, 0.717) is 0 Å². The van der Waals surface area contributed by atoms with E-state index in [4.69, 9.17) is 10.2 Å². The summed E-state index contributed by atoms with van der Waals surface area (Å²) < 4.78 is 3.80. The first-order valence-corrected chi connectivity index (χ1v) is 15.1. The Balaban J connectivity index is 1.30. The second-order valence-electron chi connectivity index (χ2n) is 11.0. The van der Waals surface area contributed by atoms with Crippen molar-refractivity contribution in [2.75, 3.05) is 0 Å². The number of aromatic nitrogens is 4. The fraction of sp³-hybridized carbons (Fsp3) is 0.103. The van der Waals surface area contributed by atoms with Crippen LogP contribution in [0.2, 0.25) is 0 Å². The Morgan fingerprint density at radius 3 is 1.25 bits per heavy atom. The molecule has 1 aliphatic rings. The van der Waals surface area contributed by atoms with Gasteiger partial charge in [0.25, 0.3) is 0 Å². The molecule has 214 valence electrons. The Labute approximate surface area is 257 Å². The maximum absolute atomic E-state index is 14.2. The number of benzene rings is 4. The zero-order chi connectivity index (χ0) is 29.7. The average molecular weight is 573 g/mol. The van der Waals surface area contributed by atoms with Crippen molar-refractivity contribution >= 4 is 17.9 Å². The highest BCUT2D eigenvalue weighted by molar-refractivity contribution is 6.14. The van der Waals surface area contributed by atoms with Crippen molar-refractivity contribution in [2.45, 2.75) is 25.7 Å². The van der Waals surface area contributed by atoms with Crippen LogP contribution >= 0.6 is 0 Å². The van der Waals surface area contributed by atoms with E-state index < -0.39 is 0 Å². The summed E-state index contributed by atoms with van der Waals surface area (Å²) in [7, 11) is 0. The molecule has 0 aliphatic heterocycles. The van der Waals surface area contributed by atoms with Crippen LogP contribution in [0, 0.1) is 0 Å². The lowest BCUT2D eigenvalue weighted by atomic mass is 9.96. The van der Waals surface area contributed by atoms with Crippen LogP contribution in [-0.4, -0.2) is 25.3 Å². The Morgan fingerprint density at radius 2 is 0.864 bits per heavy atom. The van der Waals surface area contributed by atoms with Gasteiger partial charge in [0.15, 0.2) is 5.78 Å². The Bertz CT molecular complexity index is 1810. The lowest BCUT2D eigenvalue weighted by Gasteiger charge is -2.06. The number of ketones is 1. The molecule has 0 radical (unpaired) electrons. The second kappa shape index (κ2) is 12.4. The molecular formula is C39H32N4O. The highest BCUT2D eigenvalue weighted by Gasteiger charge is 2.22. The van der Waals surface area contributed by atoms with Gasteiger partial charge in [0.1, 0.15) is 0 Å². The zero-order valence-corrected chi connectivity index (χ0v) is 24.4. The van der Waals surface area contributed by atoms with E-state index >= 15 is 0 Å². The molecule has 6 aromatic rings. The molecule has 0 atom stereocenters. The van der Waals surface area contributed by atoms with Gasteiger partial charge in [-0.3, -0.25) is 4.79 Å². The van der Waals surface area contributed by atoms with Crippen LogP contribution in [0.15, 0.2) is 145 Å². The van der Waals surface area contributed by atoms with Crippen molar-refractivity contribution in [3.05, 3.63) is 156 Å². The van der Waals surface area contributed by atoms with E-state index in [0.717, 1.165) is 81.8 Å². The van der Waals surface area contributed by atoms with Crippen LogP contribution in [0.1, 0.15) is 36.8 Å². The first-order chi connectivity index (χ1) is 21.7. The Hall–Kier alpha value is -5.55. The molecule has 0 unspecified atom stereocenters. The second-order valence-corrected chi connectivity index (χ2v) is 11.0. The topological polar surface area (TPSA) is 52.7 Å². The first-order valence-electron chi connectivity index (χ1n) is 15.1. The highest BCUT2D eigenvalue weighted by Crippen LogP contribution is 2.32. The molecule has 44 heavy (non-hydrogen) atoms. The predicted octanol–water partition coefficient (Wildman–Crippen LogP) is 9.00. The monoisotopic (exact) mass is 572 g/mol. The fourth-order valence-corrected chi connectivity index (χ4v) is 5.77. The van der Waals surface area contributed by atoms with Crippen molar-refractivity contribution < 1.29 is 4.79 Å². The number of nitrogens with zero attached hydrogens (tertiary/aromatic N) is 4. The maximum atomic E-state index is 14.2. The first kappa shape index (κ1) is 27.3. The van der Waals surface area contributed by atoms with Crippen LogP contribution in [0.4, 0.5) is 0 Å². The summed E-state index contributed by atoms with van der Waals surface area (Å²) in [5.41, 5.74) is 9.22. The summed E-state index contributed by atoms with van der Waals surface area (Å²) >= 11 is 0. The number of carbonyl (C=O) groups excluding carboxylic acids is 1. The normalized spacial score (nSPS) is 15.5. The third kappa shape index (κ3) is 5.72. The van der Waals surface area contributed by atoms with Crippen molar-refractivity contribution in [3.8, 4) is 33.9 Å². The Kier molecular flexibility index (Phi) is 7.67. The quantitative estimate of drug-likeness (QED) is 0.148. The number of hydrogen-bond acceptors (Lipinski definition) is 3.